The Morgan fingerprint density at radius 3 is 2.55 bits per heavy atom. The van der Waals surface area contributed by atoms with E-state index in [1.807, 2.05) is 0 Å². The summed E-state index contributed by atoms with van der Waals surface area (Å²) in [6.07, 6.45) is 0. The number of anilines is 1. The SMILES string of the molecule is COC(=O)c1cccc(NC(=O)c2ccccc2O)c1. The number of rotatable bonds is 3. The van der Waals surface area contributed by atoms with Gasteiger partial charge in [-0.2, -0.15) is 0 Å². The number of aromatic hydroxyl groups is 1. The van der Waals surface area contributed by atoms with E-state index in [1.165, 1.54) is 25.3 Å². The van der Waals surface area contributed by atoms with Crippen LogP contribution in [-0.4, -0.2) is 24.1 Å². The van der Waals surface area contributed by atoms with Gasteiger partial charge in [0.05, 0.1) is 18.2 Å². The van der Waals surface area contributed by atoms with E-state index in [0.29, 0.717) is 11.3 Å². The van der Waals surface area contributed by atoms with Crippen LogP contribution in [0.15, 0.2) is 48.5 Å². The van der Waals surface area contributed by atoms with Crippen LogP contribution in [0.3, 0.4) is 0 Å². The molecule has 0 atom stereocenters. The summed E-state index contributed by atoms with van der Waals surface area (Å²) < 4.78 is 4.61. The molecule has 0 aliphatic heterocycles. The molecular weight excluding hydrogens is 258 g/mol. The standard InChI is InChI=1S/C15H13NO4/c1-20-15(19)10-5-4-6-11(9-10)16-14(18)12-7-2-3-8-13(12)17/h2-9,17H,1H3,(H,16,18). The van der Waals surface area contributed by atoms with Crippen LogP contribution in [0, 0.1) is 0 Å². The zero-order valence-corrected chi connectivity index (χ0v) is 10.8. The first-order valence-corrected chi connectivity index (χ1v) is 5.89. The molecule has 0 aliphatic carbocycles. The lowest BCUT2D eigenvalue weighted by atomic mass is 10.1. The third-order valence-corrected chi connectivity index (χ3v) is 2.69. The Balaban J connectivity index is 2.20. The van der Waals surface area contributed by atoms with Gasteiger partial charge < -0.3 is 15.2 Å². The molecule has 0 unspecified atom stereocenters. The van der Waals surface area contributed by atoms with E-state index in [4.69, 9.17) is 0 Å². The minimum Gasteiger partial charge on any atom is -0.507 e. The molecule has 5 heteroatoms. The highest BCUT2D eigenvalue weighted by molar-refractivity contribution is 6.06. The molecule has 102 valence electrons. The van der Waals surface area contributed by atoms with Crippen molar-refractivity contribution in [2.45, 2.75) is 0 Å². The molecule has 0 heterocycles. The van der Waals surface area contributed by atoms with Crippen molar-refractivity contribution in [2.24, 2.45) is 0 Å². The monoisotopic (exact) mass is 271 g/mol. The number of para-hydroxylation sites is 1. The molecule has 0 fully saturated rings. The Morgan fingerprint density at radius 2 is 1.85 bits per heavy atom. The summed E-state index contributed by atoms with van der Waals surface area (Å²) in [5.74, 6) is -1.04. The Bertz CT molecular complexity index is 652. The average Bonchev–Trinajstić information content (AvgIpc) is 2.47. The number of carbonyl (C=O) groups excluding carboxylic acids is 2. The van der Waals surface area contributed by atoms with Gasteiger partial charge >= 0.3 is 5.97 Å². The van der Waals surface area contributed by atoms with Gasteiger partial charge in [-0.1, -0.05) is 18.2 Å². The Hall–Kier alpha value is -2.82. The van der Waals surface area contributed by atoms with Crippen LogP contribution in [0.2, 0.25) is 0 Å². The van der Waals surface area contributed by atoms with Crippen LogP contribution in [0.5, 0.6) is 5.75 Å². The third-order valence-electron chi connectivity index (χ3n) is 2.69. The number of hydrogen-bond acceptors (Lipinski definition) is 4. The molecule has 0 saturated heterocycles. The highest BCUT2D eigenvalue weighted by Crippen LogP contribution is 2.18. The molecule has 2 aromatic carbocycles. The van der Waals surface area contributed by atoms with Crippen LogP contribution in [0.1, 0.15) is 20.7 Å². The number of benzene rings is 2. The molecule has 0 radical (unpaired) electrons. The lowest BCUT2D eigenvalue weighted by molar-refractivity contribution is 0.0600. The van der Waals surface area contributed by atoms with E-state index in [-0.39, 0.29) is 11.3 Å². The molecule has 0 aliphatic rings. The summed E-state index contributed by atoms with van der Waals surface area (Å²) >= 11 is 0. The van der Waals surface area contributed by atoms with E-state index < -0.39 is 11.9 Å². The highest BCUT2D eigenvalue weighted by atomic mass is 16.5. The van der Waals surface area contributed by atoms with Gasteiger partial charge in [0.2, 0.25) is 0 Å². The van der Waals surface area contributed by atoms with Gasteiger partial charge in [0.25, 0.3) is 5.91 Å². The molecule has 20 heavy (non-hydrogen) atoms. The first-order chi connectivity index (χ1) is 9.61. The minimum absolute atomic E-state index is 0.103. The van der Waals surface area contributed by atoms with Crippen molar-refractivity contribution >= 4 is 17.6 Å². The van der Waals surface area contributed by atoms with Crippen molar-refractivity contribution in [3.05, 3.63) is 59.7 Å². The van der Waals surface area contributed by atoms with Crippen molar-refractivity contribution in [3.8, 4) is 5.75 Å². The maximum absolute atomic E-state index is 12.0. The third kappa shape index (κ3) is 2.95. The number of nitrogens with one attached hydrogen (secondary N) is 1. The van der Waals surface area contributed by atoms with Crippen LogP contribution >= 0.6 is 0 Å². The van der Waals surface area contributed by atoms with Gasteiger partial charge in [-0.05, 0) is 30.3 Å². The highest BCUT2D eigenvalue weighted by Gasteiger charge is 2.11. The molecule has 2 N–H and O–H groups in total. The van der Waals surface area contributed by atoms with E-state index in [1.54, 1.807) is 30.3 Å². The molecule has 0 bridgehead atoms. The maximum Gasteiger partial charge on any atom is 0.337 e. The lowest BCUT2D eigenvalue weighted by Crippen LogP contribution is -2.12. The van der Waals surface area contributed by atoms with Crippen LogP contribution in [0.25, 0.3) is 0 Å². The van der Waals surface area contributed by atoms with Gasteiger partial charge in [-0.3, -0.25) is 4.79 Å². The van der Waals surface area contributed by atoms with Crippen molar-refractivity contribution in [1.82, 2.24) is 0 Å². The molecule has 5 nitrogen and oxygen atoms in total. The Kier molecular flexibility index (Phi) is 4.00. The molecule has 2 rings (SSSR count). The summed E-state index contributed by atoms with van der Waals surface area (Å²) in [6, 6.07) is 12.6. The largest absolute Gasteiger partial charge is 0.507 e. The fourth-order valence-electron chi connectivity index (χ4n) is 1.71. The van der Waals surface area contributed by atoms with Crippen molar-refractivity contribution in [1.29, 1.82) is 0 Å². The van der Waals surface area contributed by atoms with Crippen LogP contribution in [-0.2, 0) is 4.74 Å². The number of esters is 1. The average molecular weight is 271 g/mol. The number of amides is 1. The van der Waals surface area contributed by atoms with Gasteiger partial charge in [0, 0.05) is 5.69 Å². The molecule has 2 aromatic rings. The number of methoxy groups -OCH3 is 1. The van der Waals surface area contributed by atoms with E-state index in [2.05, 4.69) is 10.1 Å². The van der Waals surface area contributed by atoms with Crippen molar-refractivity contribution in [3.63, 3.8) is 0 Å². The number of ether oxygens (including phenoxy) is 1. The topological polar surface area (TPSA) is 75.6 Å². The van der Waals surface area contributed by atoms with Gasteiger partial charge in [0.15, 0.2) is 0 Å². The Morgan fingerprint density at radius 1 is 1.10 bits per heavy atom. The number of carbonyl (C=O) groups is 2. The molecule has 0 aromatic heterocycles. The van der Waals surface area contributed by atoms with Gasteiger partial charge in [-0.15, -0.1) is 0 Å². The second kappa shape index (κ2) is 5.88. The zero-order chi connectivity index (χ0) is 14.5. The van der Waals surface area contributed by atoms with Gasteiger partial charge in [-0.25, -0.2) is 4.79 Å². The smallest absolute Gasteiger partial charge is 0.337 e. The summed E-state index contributed by atoms with van der Waals surface area (Å²) in [5, 5.41) is 12.2. The zero-order valence-electron chi connectivity index (χ0n) is 10.8. The second-order valence-electron chi connectivity index (χ2n) is 4.04. The van der Waals surface area contributed by atoms with Gasteiger partial charge in [0.1, 0.15) is 5.75 Å². The summed E-state index contributed by atoms with van der Waals surface area (Å²) in [6.45, 7) is 0. The van der Waals surface area contributed by atoms with Crippen molar-refractivity contribution in [2.75, 3.05) is 12.4 Å². The normalized spacial score (nSPS) is 9.85. The first-order valence-electron chi connectivity index (χ1n) is 5.89. The van der Waals surface area contributed by atoms with Crippen LogP contribution < -0.4 is 5.32 Å². The molecule has 0 saturated carbocycles. The summed E-state index contributed by atoms with van der Waals surface area (Å²) in [7, 11) is 1.29. The maximum atomic E-state index is 12.0. The van der Waals surface area contributed by atoms with Crippen molar-refractivity contribution < 1.29 is 19.4 Å². The minimum atomic E-state index is -0.483. The summed E-state index contributed by atoms with van der Waals surface area (Å²) in [4.78, 5) is 23.4. The molecule has 1 amide bonds. The van der Waals surface area contributed by atoms with E-state index in [9.17, 15) is 14.7 Å². The fourth-order valence-corrected chi connectivity index (χ4v) is 1.71. The predicted molar refractivity (Wildman–Crippen MR) is 73.8 cm³/mol. The van der Waals surface area contributed by atoms with E-state index >= 15 is 0 Å². The quantitative estimate of drug-likeness (QED) is 0.841. The number of phenolic OH excluding ortho intramolecular Hbond substituents is 1. The first kappa shape index (κ1) is 13.6. The summed E-state index contributed by atoms with van der Waals surface area (Å²) in [5.41, 5.74) is 0.944. The second-order valence-corrected chi connectivity index (χ2v) is 4.04. The van der Waals surface area contributed by atoms with Crippen LogP contribution in [0.4, 0.5) is 5.69 Å². The number of hydrogen-bond donors (Lipinski definition) is 2. The fraction of sp³-hybridized carbons (Fsp3) is 0.0667. The predicted octanol–water partition coefficient (Wildman–Crippen LogP) is 2.43. The molecular formula is C15H13NO4. The van der Waals surface area contributed by atoms with E-state index in [0.717, 1.165) is 0 Å². The number of phenols is 1. The Labute approximate surface area is 115 Å². The lowest BCUT2D eigenvalue weighted by Gasteiger charge is -2.07. The molecule has 0 spiro atoms.